The maximum Gasteiger partial charge on any atom is 0.254 e. The average Bonchev–Trinajstić information content (AvgIpc) is 3.38. The minimum atomic E-state index is -0.262. The van der Waals surface area contributed by atoms with Gasteiger partial charge < -0.3 is 9.72 Å². The standard InChI is InChI=1S/C22H18N4O/c27-21(25-22(10-11-22)16-6-2-1-3-7-16)18-14-23-12-9-17(18)20-19-8-4-5-13-26(19)15-24-20/h1-9,12-15H,10-11H2,(H,25,27). The molecule has 3 heterocycles. The minimum absolute atomic E-state index is 0.114. The number of rotatable bonds is 4. The molecule has 0 unspecified atom stereocenters. The van der Waals surface area contributed by atoms with Gasteiger partial charge in [0.05, 0.1) is 28.6 Å². The molecule has 132 valence electrons. The summed E-state index contributed by atoms with van der Waals surface area (Å²) in [6.07, 6.45) is 8.93. The molecule has 4 aromatic rings. The van der Waals surface area contributed by atoms with Crippen LogP contribution in [-0.2, 0) is 5.54 Å². The predicted octanol–water partition coefficient (Wildman–Crippen LogP) is 3.82. The first-order chi connectivity index (χ1) is 13.3. The average molecular weight is 354 g/mol. The Kier molecular flexibility index (Phi) is 3.53. The van der Waals surface area contributed by atoms with E-state index in [1.807, 2.05) is 53.1 Å². The Hall–Kier alpha value is -3.47. The lowest BCUT2D eigenvalue weighted by atomic mass is 10.0. The molecule has 1 saturated carbocycles. The van der Waals surface area contributed by atoms with E-state index in [4.69, 9.17) is 0 Å². The molecular formula is C22H18N4O. The number of benzene rings is 1. The quantitative estimate of drug-likeness (QED) is 0.606. The highest BCUT2D eigenvalue weighted by Crippen LogP contribution is 2.45. The molecule has 1 aromatic carbocycles. The number of hydrogen-bond donors (Lipinski definition) is 1. The van der Waals surface area contributed by atoms with Gasteiger partial charge in [0, 0.05) is 24.2 Å². The summed E-state index contributed by atoms with van der Waals surface area (Å²) in [5, 5.41) is 3.24. The van der Waals surface area contributed by atoms with Crippen molar-refractivity contribution in [3.8, 4) is 11.3 Å². The molecule has 5 rings (SSSR count). The van der Waals surface area contributed by atoms with Crippen molar-refractivity contribution in [2.75, 3.05) is 0 Å². The van der Waals surface area contributed by atoms with E-state index in [1.165, 1.54) is 0 Å². The van der Waals surface area contributed by atoms with Crippen LogP contribution in [0.25, 0.3) is 16.8 Å². The second-order valence-corrected chi connectivity index (χ2v) is 6.91. The molecule has 1 N–H and O–H groups in total. The summed E-state index contributed by atoms with van der Waals surface area (Å²) in [6, 6.07) is 17.9. The van der Waals surface area contributed by atoms with Crippen LogP contribution in [0.5, 0.6) is 0 Å². The lowest BCUT2D eigenvalue weighted by molar-refractivity contribution is 0.0931. The van der Waals surface area contributed by atoms with Crippen LogP contribution < -0.4 is 5.32 Å². The van der Waals surface area contributed by atoms with Crippen LogP contribution >= 0.6 is 0 Å². The van der Waals surface area contributed by atoms with Crippen molar-refractivity contribution in [1.82, 2.24) is 19.7 Å². The molecule has 5 heteroatoms. The van der Waals surface area contributed by atoms with Gasteiger partial charge in [-0.1, -0.05) is 36.4 Å². The third-order valence-corrected chi connectivity index (χ3v) is 5.19. The van der Waals surface area contributed by atoms with Gasteiger partial charge in [-0.15, -0.1) is 0 Å². The topological polar surface area (TPSA) is 59.3 Å². The highest BCUT2D eigenvalue weighted by Gasteiger charge is 2.45. The molecule has 3 aromatic heterocycles. The third kappa shape index (κ3) is 2.68. The number of hydrogen-bond acceptors (Lipinski definition) is 3. The number of amides is 1. The number of nitrogens with zero attached hydrogens (tertiary/aromatic N) is 3. The summed E-state index contributed by atoms with van der Waals surface area (Å²) < 4.78 is 1.95. The van der Waals surface area contributed by atoms with Crippen LogP contribution in [-0.4, -0.2) is 20.3 Å². The van der Waals surface area contributed by atoms with Gasteiger partial charge >= 0.3 is 0 Å². The second-order valence-electron chi connectivity index (χ2n) is 6.91. The largest absolute Gasteiger partial charge is 0.342 e. The zero-order valence-electron chi connectivity index (χ0n) is 14.7. The molecule has 0 spiro atoms. The lowest BCUT2D eigenvalue weighted by Gasteiger charge is -2.19. The number of imidazole rings is 1. The van der Waals surface area contributed by atoms with E-state index in [2.05, 4.69) is 27.4 Å². The highest BCUT2D eigenvalue weighted by atomic mass is 16.1. The van der Waals surface area contributed by atoms with E-state index in [1.54, 1.807) is 18.7 Å². The maximum absolute atomic E-state index is 13.1. The van der Waals surface area contributed by atoms with Gasteiger partial charge in [-0.2, -0.15) is 0 Å². The first kappa shape index (κ1) is 15.8. The monoisotopic (exact) mass is 354 g/mol. The number of carbonyl (C=O) groups excluding carboxylic acids is 1. The van der Waals surface area contributed by atoms with Gasteiger partial charge in [0.15, 0.2) is 0 Å². The zero-order chi connectivity index (χ0) is 18.3. The molecular weight excluding hydrogens is 336 g/mol. The molecule has 27 heavy (non-hydrogen) atoms. The smallest absolute Gasteiger partial charge is 0.254 e. The SMILES string of the molecule is O=C(NC1(c2ccccc2)CC1)c1cnccc1-c1ncn2ccccc12. The molecule has 1 fully saturated rings. The minimum Gasteiger partial charge on any atom is -0.342 e. The Labute approximate surface area is 156 Å². The fraction of sp³-hybridized carbons (Fsp3) is 0.136. The van der Waals surface area contributed by atoms with Crippen molar-refractivity contribution < 1.29 is 4.79 Å². The zero-order valence-corrected chi connectivity index (χ0v) is 14.7. The van der Waals surface area contributed by atoms with Crippen molar-refractivity contribution in [2.24, 2.45) is 0 Å². The number of aromatic nitrogens is 3. The van der Waals surface area contributed by atoms with Crippen molar-refractivity contribution in [3.05, 3.63) is 90.6 Å². The van der Waals surface area contributed by atoms with Crippen LogP contribution in [0.4, 0.5) is 0 Å². The molecule has 5 nitrogen and oxygen atoms in total. The third-order valence-electron chi connectivity index (χ3n) is 5.19. The van der Waals surface area contributed by atoms with Gasteiger partial charge in [0.25, 0.3) is 5.91 Å². The van der Waals surface area contributed by atoms with E-state index in [0.717, 1.165) is 35.2 Å². The summed E-state index contributed by atoms with van der Waals surface area (Å²) in [4.78, 5) is 21.9. The first-order valence-electron chi connectivity index (χ1n) is 9.01. The Morgan fingerprint density at radius 3 is 2.67 bits per heavy atom. The van der Waals surface area contributed by atoms with Crippen molar-refractivity contribution in [2.45, 2.75) is 18.4 Å². The van der Waals surface area contributed by atoms with Crippen LogP contribution in [0.2, 0.25) is 0 Å². The molecule has 0 saturated heterocycles. The maximum atomic E-state index is 13.1. The van der Waals surface area contributed by atoms with Crippen LogP contribution in [0.3, 0.4) is 0 Å². The Bertz CT molecular complexity index is 1130. The first-order valence-corrected chi connectivity index (χ1v) is 9.01. The van der Waals surface area contributed by atoms with Crippen molar-refractivity contribution in [1.29, 1.82) is 0 Å². The molecule has 0 bridgehead atoms. The number of carbonyl (C=O) groups is 1. The summed E-state index contributed by atoms with van der Waals surface area (Å²) in [5.74, 6) is -0.114. The lowest BCUT2D eigenvalue weighted by Crippen LogP contribution is -2.35. The van der Waals surface area contributed by atoms with Crippen LogP contribution in [0.15, 0.2) is 79.5 Å². The van der Waals surface area contributed by atoms with E-state index < -0.39 is 0 Å². The number of fused-ring (bicyclic) bond motifs is 1. The molecule has 0 radical (unpaired) electrons. The fourth-order valence-electron chi connectivity index (χ4n) is 3.59. The number of nitrogens with one attached hydrogen (secondary N) is 1. The number of pyridine rings is 2. The summed E-state index contributed by atoms with van der Waals surface area (Å²) in [6.45, 7) is 0. The summed E-state index contributed by atoms with van der Waals surface area (Å²) in [5.41, 5.74) is 3.97. The highest BCUT2D eigenvalue weighted by molar-refractivity contribution is 6.02. The van der Waals surface area contributed by atoms with Crippen molar-refractivity contribution in [3.63, 3.8) is 0 Å². The van der Waals surface area contributed by atoms with Crippen molar-refractivity contribution >= 4 is 11.4 Å². The van der Waals surface area contributed by atoms with E-state index in [0.29, 0.717) is 5.56 Å². The van der Waals surface area contributed by atoms with Gasteiger partial charge in [0.2, 0.25) is 0 Å². The van der Waals surface area contributed by atoms with Crippen LogP contribution in [0.1, 0.15) is 28.8 Å². The second kappa shape index (κ2) is 6.06. The van der Waals surface area contributed by atoms with E-state index >= 15 is 0 Å². The Balaban J connectivity index is 1.52. The molecule has 0 aliphatic heterocycles. The van der Waals surface area contributed by atoms with Gasteiger partial charge in [-0.25, -0.2) is 4.98 Å². The van der Waals surface area contributed by atoms with Gasteiger partial charge in [0.1, 0.15) is 0 Å². The molecule has 1 aliphatic rings. The molecule has 1 amide bonds. The summed E-state index contributed by atoms with van der Waals surface area (Å²) >= 11 is 0. The van der Waals surface area contributed by atoms with Gasteiger partial charge in [-0.05, 0) is 36.6 Å². The summed E-state index contributed by atoms with van der Waals surface area (Å²) in [7, 11) is 0. The van der Waals surface area contributed by atoms with E-state index in [9.17, 15) is 4.79 Å². The Morgan fingerprint density at radius 2 is 1.85 bits per heavy atom. The van der Waals surface area contributed by atoms with E-state index in [-0.39, 0.29) is 11.4 Å². The predicted molar refractivity (Wildman–Crippen MR) is 103 cm³/mol. The van der Waals surface area contributed by atoms with Crippen LogP contribution in [0, 0.1) is 0 Å². The Morgan fingerprint density at radius 1 is 1.04 bits per heavy atom. The van der Waals surface area contributed by atoms with Gasteiger partial charge in [-0.3, -0.25) is 9.78 Å². The molecule has 0 atom stereocenters. The molecule has 1 aliphatic carbocycles. The fourth-order valence-corrected chi connectivity index (χ4v) is 3.59. The normalized spacial score (nSPS) is 14.8.